The highest BCUT2D eigenvalue weighted by Gasteiger charge is 2.18. The summed E-state index contributed by atoms with van der Waals surface area (Å²) in [5, 5.41) is 3.55. The van der Waals surface area contributed by atoms with Crippen LogP contribution in [0.3, 0.4) is 0 Å². The quantitative estimate of drug-likeness (QED) is 0.276. The van der Waals surface area contributed by atoms with Crippen molar-refractivity contribution in [3.63, 3.8) is 0 Å². The van der Waals surface area contributed by atoms with E-state index in [1.807, 2.05) is 19.2 Å². The Morgan fingerprint density at radius 3 is 2.35 bits per heavy atom. The van der Waals surface area contributed by atoms with Crippen LogP contribution in [0.4, 0.5) is 0 Å². The van der Waals surface area contributed by atoms with Crippen molar-refractivity contribution in [2.24, 2.45) is 10.9 Å². The number of nitrogens with zero attached hydrogens (tertiary/aromatic N) is 4. The number of hydrogen-bond acceptors (Lipinski definition) is 5. The average Bonchev–Trinajstić information content (AvgIpc) is 2.78. The molecule has 31 heavy (non-hydrogen) atoms. The zero-order valence-corrected chi connectivity index (χ0v) is 22.5. The van der Waals surface area contributed by atoms with E-state index >= 15 is 0 Å². The summed E-state index contributed by atoms with van der Waals surface area (Å²) in [7, 11) is 7.27. The smallest absolute Gasteiger partial charge is 0.193 e. The summed E-state index contributed by atoms with van der Waals surface area (Å²) in [6.45, 7) is 13.4. The maximum Gasteiger partial charge on any atom is 0.193 e. The normalized spacial score (nSPS) is 16.4. The van der Waals surface area contributed by atoms with E-state index in [1.54, 1.807) is 14.2 Å². The number of likely N-dealkylation sites (N-methyl/N-ethyl adjacent to an activating group) is 2. The van der Waals surface area contributed by atoms with E-state index in [0.717, 1.165) is 50.1 Å². The van der Waals surface area contributed by atoms with Gasteiger partial charge in [-0.25, -0.2) is 0 Å². The first-order chi connectivity index (χ1) is 14.5. The highest BCUT2D eigenvalue weighted by atomic mass is 127. The summed E-state index contributed by atoms with van der Waals surface area (Å²) >= 11 is 0. The maximum atomic E-state index is 5.41. The van der Waals surface area contributed by atoms with Crippen molar-refractivity contribution in [2.45, 2.75) is 20.3 Å². The monoisotopic (exact) mass is 547 g/mol. The van der Waals surface area contributed by atoms with Crippen molar-refractivity contribution >= 4 is 29.9 Å². The number of aliphatic imine (C=N–C) groups is 1. The van der Waals surface area contributed by atoms with Crippen LogP contribution in [0, 0.1) is 5.92 Å². The third-order valence-corrected chi connectivity index (χ3v) is 5.85. The van der Waals surface area contributed by atoms with Crippen molar-refractivity contribution < 1.29 is 9.47 Å². The first-order valence-corrected chi connectivity index (χ1v) is 11.1. The lowest BCUT2D eigenvalue weighted by molar-refractivity contribution is 0.124. The van der Waals surface area contributed by atoms with E-state index < -0.39 is 0 Å². The van der Waals surface area contributed by atoms with E-state index in [9.17, 15) is 0 Å². The topological polar surface area (TPSA) is 52.6 Å². The van der Waals surface area contributed by atoms with Gasteiger partial charge in [0.05, 0.1) is 14.2 Å². The summed E-state index contributed by atoms with van der Waals surface area (Å²) in [5.74, 6) is 3.05. The first-order valence-electron chi connectivity index (χ1n) is 11.1. The van der Waals surface area contributed by atoms with Crippen LogP contribution in [0.15, 0.2) is 23.2 Å². The van der Waals surface area contributed by atoms with E-state index in [-0.39, 0.29) is 24.0 Å². The van der Waals surface area contributed by atoms with Crippen LogP contribution in [-0.4, -0.2) is 101 Å². The molecule has 0 amide bonds. The van der Waals surface area contributed by atoms with Crippen molar-refractivity contribution in [1.82, 2.24) is 20.0 Å². The number of methoxy groups -OCH3 is 2. The third kappa shape index (κ3) is 9.02. The molecule has 1 saturated heterocycles. The number of ether oxygens (including phenoxy) is 2. The molecule has 1 unspecified atom stereocenters. The molecular weight excluding hydrogens is 505 g/mol. The highest BCUT2D eigenvalue weighted by molar-refractivity contribution is 14.0. The molecule has 1 aliphatic rings. The molecule has 0 aliphatic carbocycles. The van der Waals surface area contributed by atoms with Crippen molar-refractivity contribution in [1.29, 1.82) is 0 Å². The predicted octanol–water partition coefficient (Wildman–Crippen LogP) is 2.65. The Morgan fingerprint density at radius 1 is 1.13 bits per heavy atom. The zero-order chi connectivity index (χ0) is 21.9. The predicted molar refractivity (Wildman–Crippen MR) is 140 cm³/mol. The van der Waals surface area contributed by atoms with Crippen LogP contribution < -0.4 is 14.8 Å². The molecule has 0 bridgehead atoms. The lowest BCUT2D eigenvalue weighted by Crippen LogP contribution is -2.48. The molecule has 0 spiro atoms. The second-order valence-corrected chi connectivity index (χ2v) is 8.13. The fourth-order valence-electron chi connectivity index (χ4n) is 3.88. The minimum Gasteiger partial charge on any atom is -0.493 e. The van der Waals surface area contributed by atoms with Gasteiger partial charge in [-0.1, -0.05) is 19.9 Å². The summed E-state index contributed by atoms with van der Waals surface area (Å²) in [6.07, 6.45) is 0.912. The van der Waals surface area contributed by atoms with Gasteiger partial charge in [0.15, 0.2) is 17.5 Å². The first kappa shape index (κ1) is 27.8. The highest BCUT2D eigenvalue weighted by Crippen LogP contribution is 2.27. The molecule has 1 aliphatic heterocycles. The van der Waals surface area contributed by atoms with Gasteiger partial charge in [0.1, 0.15) is 0 Å². The SMILES string of the molecule is CCN1CCN(CC(C)CNC(=NC)N(C)CCc2ccc(OC)c(OC)c2)CC1.I. The summed E-state index contributed by atoms with van der Waals surface area (Å²) in [4.78, 5) is 11.8. The minimum absolute atomic E-state index is 0. The van der Waals surface area contributed by atoms with Crippen molar-refractivity contribution in [3.05, 3.63) is 23.8 Å². The second-order valence-electron chi connectivity index (χ2n) is 8.13. The number of rotatable bonds is 10. The number of nitrogens with one attached hydrogen (secondary N) is 1. The Balaban J connectivity index is 0.00000480. The molecule has 0 radical (unpaired) electrons. The van der Waals surface area contributed by atoms with Gasteiger partial charge in [-0.05, 0) is 36.6 Å². The Kier molecular flexibility index (Phi) is 13.2. The van der Waals surface area contributed by atoms with Crippen LogP contribution in [0.1, 0.15) is 19.4 Å². The average molecular weight is 548 g/mol. The van der Waals surface area contributed by atoms with Gasteiger partial charge in [0, 0.05) is 59.9 Å². The summed E-state index contributed by atoms with van der Waals surface area (Å²) in [5.41, 5.74) is 1.22. The molecule has 7 nitrogen and oxygen atoms in total. The fraction of sp³-hybridized carbons (Fsp3) is 0.696. The largest absolute Gasteiger partial charge is 0.493 e. The van der Waals surface area contributed by atoms with Crippen LogP contribution in [0.25, 0.3) is 0 Å². The Morgan fingerprint density at radius 2 is 1.77 bits per heavy atom. The Bertz CT molecular complexity index is 665. The van der Waals surface area contributed by atoms with E-state index in [0.29, 0.717) is 5.92 Å². The van der Waals surface area contributed by atoms with Gasteiger partial charge < -0.3 is 29.5 Å². The van der Waals surface area contributed by atoms with Crippen molar-refractivity contribution in [3.8, 4) is 11.5 Å². The molecule has 0 saturated carbocycles. The molecule has 0 aromatic heterocycles. The molecular formula is C23H42IN5O2. The molecule has 1 aromatic carbocycles. The number of guanidine groups is 1. The molecule has 1 atom stereocenters. The minimum atomic E-state index is 0. The fourth-order valence-corrected chi connectivity index (χ4v) is 3.88. The van der Waals surface area contributed by atoms with Crippen LogP contribution in [0.5, 0.6) is 11.5 Å². The van der Waals surface area contributed by atoms with Gasteiger partial charge in [-0.2, -0.15) is 0 Å². The molecule has 1 N–H and O–H groups in total. The summed E-state index contributed by atoms with van der Waals surface area (Å²) in [6, 6.07) is 6.10. The molecule has 1 aromatic rings. The van der Waals surface area contributed by atoms with E-state index in [1.165, 1.54) is 31.7 Å². The molecule has 8 heteroatoms. The van der Waals surface area contributed by atoms with Gasteiger partial charge >= 0.3 is 0 Å². The number of benzene rings is 1. The van der Waals surface area contributed by atoms with Gasteiger partial charge in [-0.15, -0.1) is 24.0 Å². The Hall–Kier alpha value is -1.26. The standard InChI is InChI=1S/C23H41N5O2.HI/c1-7-27-12-14-28(15-13-27)18-19(2)17-25-23(24-3)26(4)11-10-20-8-9-21(29-5)22(16-20)30-6;/h8-9,16,19H,7,10-15,17-18H2,1-6H3,(H,24,25);1H. The maximum absolute atomic E-state index is 5.41. The van der Waals surface area contributed by atoms with Gasteiger partial charge in [0.2, 0.25) is 0 Å². The molecule has 178 valence electrons. The zero-order valence-electron chi connectivity index (χ0n) is 20.2. The van der Waals surface area contributed by atoms with Gasteiger partial charge in [0.25, 0.3) is 0 Å². The van der Waals surface area contributed by atoms with E-state index in [2.05, 4.69) is 52.0 Å². The second kappa shape index (κ2) is 14.7. The van der Waals surface area contributed by atoms with Crippen LogP contribution in [0.2, 0.25) is 0 Å². The van der Waals surface area contributed by atoms with Gasteiger partial charge in [-0.3, -0.25) is 4.99 Å². The molecule has 1 fully saturated rings. The molecule has 1 heterocycles. The lowest BCUT2D eigenvalue weighted by atomic mass is 10.1. The van der Waals surface area contributed by atoms with Crippen molar-refractivity contribution in [2.75, 3.05) is 80.7 Å². The number of piperazine rings is 1. The van der Waals surface area contributed by atoms with Crippen LogP contribution >= 0.6 is 24.0 Å². The number of halogens is 1. The molecule has 2 rings (SSSR count). The summed E-state index contributed by atoms with van der Waals surface area (Å²) < 4.78 is 10.7. The lowest BCUT2D eigenvalue weighted by Gasteiger charge is -2.35. The van der Waals surface area contributed by atoms with E-state index in [4.69, 9.17) is 9.47 Å². The Labute approximate surface area is 206 Å². The van der Waals surface area contributed by atoms with Crippen LogP contribution in [-0.2, 0) is 6.42 Å². The number of hydrogen-bond donors (Lipinski definition) is 1. The third-order valence-electron chi connectivity index (χ3n) is 5.85.